The molecule has 0 bridgehead atoms. The van der Waals surface area contributed by atoms with E-state index in [1.54, 1.807) is 11.3 Å². The fraction of sp³-hybridized carbons (Fsp3) is 0.263. The van der Waals surface area contributed by atoms with Crippen molar-refractivity contribution in [2.45, 2.75) is 31.1 Å². The summed E-state index contributed by atoms with van der Waals surface area (Å²) in [6.45, 7) is 0. The number of carbonyl (C=O) groups is 2. The van der Waals surface area contributed by atoms with Crippen LogP contribution >= 0.6 is 11.3 Å². The van der Waals surface area contributed by atoms with Gasteiger partial charge in [-0.15, -0.1) is 11.3 Å². The van der Waals surface area contributed by atoms with Crippen molar-refractivity contribution in [1.29, 1.82) is 0 Å². The van der Waals surface area contributed by atoms with E-state index in [1.165, 1.54) is 4.88 Å². The highest BCUT2D eigenvalue weighted by atomic mass is 32.1. The Bertz CT molecular complexity index is 777. The molecule has 0 saturated heterocycles. The lowest BCUT2D eigenvalue weighted by molar-refractivity contribution is -0.122. The summed E-state index contributed by atoms with van der Waals surface area (Å²) in [6.07, 6.45) is 1.65. The van der Waals surface area contributed by atoms with Crippen molar-refractivity contribution in [3.05, 3.63) is 69.6 Å². The van der Waals surface area contributed by atoms with Crippen LogP contribution in [0.2, 0.25) is 0 Å². The van der Waals surface area contributed by atoms with E-state index in [2.05, 4.69) is 11.4 Å². The molecule has 2 heterocycles. The van der Waals surface area contributed by atoms with E-state index in [4.69, 9.17) is 0 Å². The first-order valence-corrected chi connectivity index (χ1v) is 8.75. The number of nitrogens with one attached hydrogen (secondary N) is 1. The van der Waals surface area contributed by atoms with Gasteiger partial charge in [0.15, 0.2) is 5.78 Å². The number of hydrogen-bond donors (Lipinski definition) is 1. The Labute approximate surface area is 139 Å². The van der Waals surface area contributed by atoms with Gasteiger partial charge in [0.25, 0.3) is 0 Å². The van der Waals surface area contributed by atoms with Gasteiger partial charge in [0.1, 0.15) is 0 Å². The summed E-state index contributed by atoms with van der Waals surface area (Å²) in [5.74, 6) is 0.281. The van der Waals surface area contributed by atoms with Crippen molar-refractivity contribution in [3.8, 4) is 0 Å². The van der Waals surface area contributed by atoms with Crippen LogP contribution in [0.15, 0.2) is 59.1 Å². The van der Waals surface area contributed by atoms with E-state index in [-0.39, 0.29) is 23.5 Å². The predicted molar refractivity (Wildman–Crippen MR) is 90.3 cm³/mol. The maximum absolute atomic E-state index is 12.8. The molecule has 0 saturated carbocycles. The lowest BCUT2D eigenvalue weighted by Crippen LogP contribution is -2.38. The Morgan fingerprint density at radius 3 is 2.52 bits per heavy atom. The topological polar surface area (TPSA) is 46.2 Å². The maximum atomic E-state index is 12.8. The summed E-state index contributed by atoms with van der Waals surface area (Å²) < 4.78 is 0. The second-order valence-corrected chi connectivity index (χ2v) is 7.13. The fourth-order valence-electron chi connectivity index (χ4n) is 3.65. The third-order valence-electron chi connectivity index (χ3n) is 4.68. The molecule has 2 aromatic rings. The van der Waals surface area contributed by atoms with E-state index in [1.807, 2.05) is 41.8 Å². The molecule has 0 spiro atoms. The zero-order valence-electron chi connectivity index (χ0n) is 12.6. The smallest absolute Gasteiger partial charge is 0.225 e. The van der Waals surface area contributed by atoms with Crippen LogP contribution in [0.1, 0.15) is 41.5 Å². The van der Waals surface area contributed by atoms with Gasteiger partial charge in [-0.25, -0.2) is 0 Å². The van der Waals surface area contributed by atoms with Crippen molar-refractivity contribution in [2.24, 2.45) is 0 Å². The van der Waals surface area contributed by atoms with E-state index < -0.39 is 0 Å². The number of amides is 1. The van der Waals surface area contributed by atoms with E-state index in [0.29, 0.717) is 12.8 Å². The number of carbonyl (C=O) groups excluding carboxylic acids is 2. The van der Waals surface area contributed by atoms with Crippen molar-refractivity contribution in [2.75, 3.05) is 0 Å². The highest BCUT2D eigenvalue weighted by Crippen LogP contribution is 2.43. The third-order valence-corrected chi connectivity index (χ3v) is 5.72. The molecule has 1 aliphatic carbocycles. The lowest BCUT2D eigenvalue weighted by Gasteiger charge is -2.34. The average Bonchev–Trinajstić information content (AvgIpc) is 3.09. The lowest BCUT2D eigenvalue weighted by atomic mass is 9.75. The average molecular weight is 323 g/mol. The molecule has 2 aliphatic rings. The molecule has 1 N–H and O–H groups in total. The Morgan fingerprint density at radius 1 is 0.957 bits per heavy atom. The number of Topliss-reactive ketones (excluding diaryl/α,β-unsaturated/α-hetero) is 1. The first-order valence-electron chi connectivity index (χ1n) is 7.87. The highest BCUT2D eigenvalue weighted by Gasteiger charge is 2.38. The number of rotatable bonds is 2. The van der Waals surface area contributed by atoms with Crippen molar-refractivity contribution >= 4 is 23.0 Å². The van der Waals surface area contributed by atoms with Crippen LogP contribution in [-0.2, 0) is 9.59 Å². The van der Waals surface area contributed by atoms with Crippen LogP contribution in [-0.4, -0.2) is 11.7 Å². The maximum Gasteiger partial charge on any atom is 0.225 e. The molecule has 4 rings (SSSR count). The molecule has 1 amide bonds. The Hall–Kier alpha value is -2.20. The zero-order valence-corrected chi connectivity index (χ0v) is 13.4. The Morgan fingerprint density at radius 2 is 1.78 bits per heavy atom. The second kappa shape index (κ2) is 5.78. The van der Waals surface area contributed by atoms with Gasteiger partial charge in [0, 0.05) is 40.8 Å². The van der Waals surface area contributed by atoms with Gasteiger partial charge >= 0.3 is 0 Å². The van der Waals surface area contributed by atoms with Crippen molar-refractivity contribution < 1.29 is 9.59 Å². The summed E-state index contributed by atoms with van der Waals surface area (Å²) in [5, 5.41) is 5.00. The number of thiophene rings is 1. The first-order chi connectivity index (χ1) is 11.2. The molecule has 23 heavy (non-hydrogen) atoms. The molecule has 3 nitrogen and oxygen atoms in total. The molecule has 1 aromatic carbocycles. The van der Waals surface area contributed by atoms with Crippen LogP contribution in [0.25, 0.3) is 0 Å². The summed E-state index contributed by atoms with van der Waals surface area (Å²) in [6, 6.07) is 14.0. The number of benzene rings is 1. The largest absolute Gasteiger partial charge is 0.329 e. The standard InChI is InChI=1S/C19H17NO2S/c21-16-10-13(17-7-4-8-23-17)9-15-19(16)14(11-18(22)20-15)12-5-2-1-3-6-12/h1-8,13-14H,9-11H2,(H,20,22)/t13-,14-/m0/s1. The molecule has 0 radical (unpaired) electrons. The summed E-state index contributed by atoms with van der Waals surface area (Å²) in [7, 11) is 0. The minimum atomic E-state index is -0.100. The van der Waals surface area contributed by atoms with Crippen molar-refractivity contribution in [1.82, 2.24) is 5.32 Å². The van der Waals surface area contributed by atoms with Crippen LogP contribution in [0.3, 0.4) is 0 Å². The molecule has 4 heteroatoms. The van der Waals surface area contributed by atoms with Gasteiger partial charge in [-0.2, -0.15) is 0 Å². The van der Waals surface area contributed by atoms with Gasteiger partial charge in [0.05, 0.1) is 0 Å². The van der Waals surface area contributed by atoms with Crippen LogP contribution in [0.5, 0.6) is 0 Å². The minimum absolute atomic E-state index is 0.0113. The fourth-order valence-corrected chi connectivity index (χ4v) is 4.49. The van der Waals surface area contributed by atoms with E-state index in [0.717, 1.165) is 23.3 Å². The van der Waals surface area contributed by atoms with Gasteiger partial charge in [-0.3, -0.25) is 9.59 Å². The Kier molecular flexibility index (Phi) is 3.62. The highest BCUT2D eigenvalue weighted by molar-refractivity contribution is 7.10. The van der Waals surface area contributed by atoms with Crippen molar-refractivity contribution in [3.63, 3.8) is 0 Å². The molecule has 1 aromatic heterocycles. The third kappa shape index (κ3) is 2.63. The van der Waals surface area contributed by atoms with Gasteiger partial charge in [0.2, 0.25) is 5.91 Å². The predicted octanol–water partition coefficient (Wildman–Crippen LogP) is 3.75. The number of hydrogen-bond acceptors (Lipinski definition) is 3. The van der Waals surface area contributed by atoms with Gasteiger partial charge in [-0.05, 0) is 23.4 Å². The summed E-state index contributed by atoms with van der Waals surface area (Å²) in [4.78, 5) is 26.2. The minimum Gasteiger partial charge on any atom is -0.329 e. The molecular weight excluding hydrogens is 306 g/mol. The van der Waals surface area contributed by atoms with Crippen LogP contribution in [0.4, 0.5) is 0 Å². The number of ketones is 1. The molecule has 1 aliphatic heterocycles. The SMILES string of the molecule is O=C1C[C@@H](c2ccccc2)C2=C(C[C@H](c3cccs3)CC2=O)N1. The quantitative estimate of drug-likeness (QED) is 0.915. The van der Waals surface area contributed by atoms with Gasteiger partial charge < -0.3 is 5.32 Å². The molecule has 116 valence electrons. The second-order valence-electron chi connectivity index (χ2n) is 6.15. The normalized spacial score (nSPS) is 24.3. The Balaban J connectivity index is 1.73. The van der Waals surface area contributed by atoms with E-state index in [9.17, 15) is 9.59 Å². The first kappa shape index (κ1) is 14.4. The monoisotopic (exact) mass is 323 g/mol. The summed E-state index contributed by atoms with van der Waals surface area (Å²) >= 11 is 1.68. The number of allylic oxidation sites excluding steroid dienone is 2. The van der Waals surface area contributed by atoms with E-state index >= 15 is 0 Å². The zero-order chi connectivity index (χ0) is 15.8. The van der Waals surface area contributed by atoms with Gasteiger partial charge in [-0.1, -0.05) is 36.4 Å². The van der Waals surface area contributed by atoms with Crippen LogP contribution < -0.4 is 5.32 Å². The molecule has 2 atom stereocenters. The summed E-state index contributed by atoms with van der Waals surface area (Å²) in [5.41, 5.74) is 2.71. The van der Waals surface area contributed by atoms with Crippen LogP contribution in [0, 0.1) is 0 Å². The molecule has 0 unspecified atom stereocenters. The molecule has 0 fully saturated rings. The molecular formula is C19H17NO2S.